The summed E-state index contributed by atoms with van der Waals surface area (Å²) in [4.78, 5) is 4.67. The van der Waals surface area contributed by atoms with E-state index in [2.05, 4.69) is 4.98 Å². The van der Waals surface area contributed by atoms with Gasteiger partial charge in [0, 0.05) is 5.75 Å². The molecule has 26 heavy (non-hydrogen) atoms. The van der Waals surface area contributed by atoms with Crippen molar-refractivity contribution in [3.63, 3.8) is 0 Å². The lowest BCUT2D eigenvalue weighted by atomic mass is 10.1. The Bertz CT molecular complexity index is 886. The van der Waals surface area contributed by atoms with Gasteiger partial charge >= 0.3 is 0 Å². The van der Waals surface area contributed by atoms with Gasteiger partial charge in [0.1, 0.15) is 18.3 Å². The number of aliphatic hydroxyl groups excluding tert-OH is 3. The number of fused-ring (bicyclic) bond motifs is 1. The number of rotatable bonds is 5. The minimum absolute atomic E-state index is 0.353. The molecular formula is C19H20N2O4S. The highest BCUT2D eigenvalue weighted by molar-refractivity contribution is 7.98. The van der Waals surface area contributed by atoms with E-state index in [9.17, 15) is 15.3 Å². The highest BCUT2D eigenvalue weighted by Gasteiger charge is 2.44. The van der Waals surface area contributed by atoms with Crippen LogP contribution in [0.2, 0.25) is 0 Å². The van der Waals surface area contributed by atoms with Crippen LogP contribution in [0.5, 0.6) is 0 Å². The Kier molecular flexibility index (Phi) is 4.97. The summed E-state index contributed by atoms with van der Waals surface area (Å²) in [6.45, 7) is -0.353. The van der Waals surface area contributed by atoms with Crippen LogP contribution in [0.3, 0.4) is 0 Å². The summed E-state index contributed by atoms with van der Waals surface area (Å²) >= 11 is 1.54. The Morgan fingerprint density at radius 3 is 2.46 bits per heavy atom. The van der Waals surface area contributed by atoms with Gasteiger partial charge in [0.15, 0.2) is 11.4 Å². The molecule has 1 aromatic heterocycles. The van der Waals surface area contributed by atoms with Gasteiger partial charge in [-0.2, -0.15) is 0 Å². The van der Waals surface area contributed by atoms with Crippen molar-refractivity contribution in [2.45, 2.75) is 35.4 Å². The average Bonchev–Trinajstić information content (AvgIpc) is 3.18. The summed E-state index contributed by atoms with van der Waals surface area (Å²) in [7, 11) is 0. The molecule has 2 aromatic carbocycles. The zero-order valence-electron chi connectivity index (χ0n) is 14.0. The van der Waals surface area contributed by atoms with Crippen LogP contribution in [0, 0.1) is 0 Å². The molecule has 2 heterocycles. The maximum Gasteiger partial charge on any atom is 0.171 e. The quantitative estimate of drug-likeness (QED) is 0.594. The molecule has 3 aromatic rings. The third-order valence-electron chi connectivity index (χ3n) is 4.55. The lowest BCUT2D eigenvalue weighted by Crippen LogP contribution is -2.33. The minimum atomic E-state index is -1.14. The lowest BCUT2D eigenvalue weighted by molar-refractivity contribution is -0.0546. The Morgan fingerprint density at radius 1 is 1.00 bits per heavy atom. The molecule has 7 heteroatoms. The molecule has 4 atom stereocenters. The molecule has 1 saturated heterocycles. The van der Waals surface area contributed by atoms with Gasteiger partial charge in [-0.15, -0.1) is 0 Å². The van der Waals surface area contributed by atoms with Gasteiger partial charge in [0.25, 0.3) is 0 Å². The predicted octanol–water partition coefficient (Wildman–Crippen LogP) is 1.94. The number of aromatic nitrogens is 2. The Morgan fingerprint density at radius 2 is 1.73 bits per heavy atom. The average molecular weight is 372 g/mol. The fourth-order valence-electron chi connectivity index (χ4n) is 3.19. The van der Waals surface area contributed by atoms with Crippen LogP contribution in [0.25, 0.3) is 11.0 Å². The van der Waals surface area contributed by atoms with Gasteiger partial charge in [-0.1, -0.05) is 54.2 Å². The van der Waals surface area contributed by atoms with Gasteiger partial charge in [0.05, 0.1) is 17.6 Å². The smallest absolute Gasteiger partial charge is 0.171 e. The van der Waals surface area contributed by atoms with Crippen molar-refractivity contribution in [3.05, 3.63) is 60.2 Å². The van der Waals surface area contributed by atoms with E-state index in [1.54, 1.807) is 11.8 Å². The van der Waals surface area contributed by atoms with Crippen molar-refractivity contribution in [1.29, 1.82) is 0 Å². The maximum absolute atomic E-state index is 10.5. The van der Waals surface area contributed by atoms with E-state index in [1.165, 1.54) is 0 Å². The molecule has 0 radical (unpaired) electrons. The summed E-state index contributed by atoms with van der Waals surface area (Å²) < 4.78 is 7.55. The van der Waals surface area contributed by atoms with E-state index in [1.807, 2.05) is 59.2 Å². The molecule has 0 bridgehead atoms. The van der Waals surface area contributed by atoms with Crippen molar-refractivity contribution in [3.8, 4) is 0 Å². The van der Waals surface area contributed by atoms with Gasteiger partial charge < -0.3 is 20.1 Å². The van der Waals surface area contributed by atoms with Crippen LogP contribution < -0.4 is 0 Å². The second-order valence-electron chi connectivity index (χ2n) is 6.26. The fraction of sp³-hybridized carbons (Fsp3) is 0.316. The molecule has 1 aliphatic rings. The maximum atomic E-state index is 10.5. The van der Waals surface area contributed by atoms with Crippen molar-refractivity contribution >= 4 is 22.8 Å². The van der Waals surface area contributed by atoms with Gasteiger partial charge in [-0.3, -0.25) is 4.57 Å². The predicted molar refractivity (Wildman–Crippen MR) is 98.7 cm³/mol. The second-order valence-corrected chi connectivity index (χ2v) is 7.20. The first kappa shape index (κ1) is 17.5. The molecule has 0 unspecified atom stereocenters. The highest BCUT2D eigenvalue weighted by atomic mass is 32.2. The molecule has 0 saturated carbocycles. The van der Waals surface area contributed by atoms with Crippen molar-refractivity contribution in [2.75, 3.05) is 6.61 Å². The number of thioether (sulfide) groups is 1. The lowest BCUT2D eigenvalue weighted by Gasteiger charge is -2.19. The number of aliphatic hydroxyl groups is 3. The fourth-order valence-corrected chi connectivity index (χ4v) is 4.18. The number of ether oxygens (including phenoxy) is 1. The van der Waals surface area contributed by atoms with E-state index < -0.39 is 24.5 Å². The van der Waals surface area contributed by atoms with Crippen molar-refractivity contribution in [2.24, 2.45) is 0 Å². The van der Waals surface area contributed by atoms with E-state index >= 15 is 0 Å². The Labute approximate surface area is 155 Å². The summed E-state index contributed by atoms with van der Waals surface area (Å²) in [6, 6.07) is 17.7. The van der Waals surface area contributed by atoms with Crippen LogP contribution in [-0.2, 0) is 10.5 Å². The standard InChI is InChI=1S/C19H20N2O4S/c22-10-15-16(23)17(24)18(25-15)21-14-9-5-4-8-13(14)20-19(21)26-11-12-6-2-1-3-7-12/h1-9,15-18,22-24H,10-11H2/t15-,16+,17+,18+/m0/s1. The molecule has 1 aliphatic heterocycles. The van der Waals surface area contributed by atoms with E-state index in [-0.39, 0.29) is 6.61 Å². The third-order valence-corrected chi connectivity index (χ3v) is 5.57. The van der Waals surface area contributed by atoms with Crippen LogP contribution in [-0.4, -0.2) is 49.8 Å². The summed E-state index contributed by atoms with van der Waals surface area (Å²) in [5, 5.41) is 30.7. The number of benzene rings is 2. The Balaban J connectivity index is 1.70. The first-order valence-electron chi connectivity index (χ1n) is 8.45. The van der Waals surface area contributed by atoms with Gasteiger partial charge in [0.2, 0.25) is 0 Å². The normalized spacial score (nSPS) is 25.8. The van der Waals surface area contributed by atoms with Crippen molar-refractivity contribution < 1.29 is 20.1 Å². The molecule has 6 nitrogen and oxygen atoms in total. The molecular weight excluding hydrogens is 352 g/mol. The SMILES string of the molecule is OC[C@@H]1O[C@@H](n2c(SCc3ccccc3)nc3ccccc32)[C@H](O)[C@@H]1O. The van der Waals surface area contributed by atoms with Crippen LogP contribution in [0.15, 0.2) is 59.8 Å². The summed E-state index contributed by atoms with van der Waals surface area (Å²) in [5.74, 6) is 0.721. The second kappa shape index (κ2) is 7.38. The van der Waals surface area contributed by atoms with Crippen molar-refractivity contribution in [1.82, 2.24) is 9.55 Å². The number of imidazole rings is 1. The first-order valence-corrected chi connectivity index (χ1v) is 9.43. The third kappa shape index (κ3) is 3.13. The Hall–Kier alpha value is -1.90. The van der Waals surface area contributed by atoms with E-state index in [0.29, 0.717) is 5.16 Å². The van der Waals surface area contributed by atoms with E-state index in [0.717, 1.165) is 22.3 Å². The van der Waals surface area contributed by atoms with Crippen LogP contribution in [0.1, 0.15) is 11.8 Å². The largest absolute Gasteiger partial charge is 0.394 e. The molecule has 4 rings (SSSR count). The summed E-state index contributed by atoms with van der Waals surface area (Å²) in [5.41, 5.74) is 2.77. The number of hydrogen-bond donors (Lipinski definition) is 3. The zero-order valence-corrected chi connectivity index (χ0v) is 14.8. The molecule has 0 aliphatic carbocycles. The molecule has 0 spiro atoms. The summed E-state index contributed by atoms with van der Waals surface area (Å²) in [6.07, 6.45) is -3.89. The number of nitrogens with zero attached hydrogens (tertiary/aromatic N) is 2. The van der Waals surface area contributed by atoms with Crippen LogP contribution >= 0.6 is 11.8 Å². The van der Waals surface area contributed by atoms with Crippen LogP contribution in [0.4, 0.5) is 0 Å². The number of para-hydroxylation sites is 2. The monoisotopic (exact) mass is 372 g/mol. The number of hydrogen-bond acceptors (Lipinski definition) is 6. The molecule has 0 amide bonds. The van der Waals surface area contributed by atoms with Gasteiger partial charge in [-0.05, 0) is 17.7 Å². The van der Waals surface area contributed by atoms with E-state index in [4.69, 9.17) is 4.74 Å². The topological polar surface area (TPSA) is 87.7 Å². The van der Waals surface area contributed by atoms with Gasteiger partial charge in [-0.25, -0.2) is 4.98 Å². The molecule has 1 fully saturated rings. The highest BCUT2D eigenvalue weighted by Crippen LogP contribution is 2.36. The minimum Gasteiger partial charge on any atom is -0.394 e. The zero-order chi connectivity index (χ0) is 18.1. The molecule has 3 N–H and O–H groups in total. The molecule has 136 valence electrons. The first-order chi connectivity index (χ1) is 12.7.